The van der Waals surface area contributed by atoms with Crippen LogP contribution in [0.25, 0.3) is 0 Å². The summed E-state index contributed by atoms with van der Waals surface area (Å²) < 4.78 is 5.75. The van der Waals surface area contributed by atoms with Gasteiger partial charge in [0, 0.05) is 18.7 Å². The van der Waals surface area contributed by atoms with E-state index in [1.54, 1.807) is 6.92 Å². The highest BCUT2D eigenvalue weighted by Crippen LogP contribution is 2.29. The molecule has 3 N–H and O–H groups in total. The van der Waals surface area contributed by atoms with Gasteiger partial charge in [-0.2, -0.15) is 0 Å². The van der Waals surface area contributed by atoms with Gasteiger partial charge in [-0.1, -0.05) is 30.3 Å². The fraction of sp³-hybridized carbons (Fsp3) is 0.381. The molecule has 138 valence electrons. The molecule has 1 amide bonds. The number of ether oxygens (including phenoxy) is 1. The summed E-state index contributed by atoms with van der Waals surface area (Å²) in [6.07, 6.45) is 0.0596. The molecule has 1 aliphatic heterocycles. The number of benzene rings is 2. The number of hydrogen-bond donors (Lipinski definition) is 2. The van der Waals surface area contributed by atoms with E-state index in [2.05, 4.69) is 17.0 Å². The third-order valence-corrected chi connectivity index (χ3v) is 4.91. The Morgan fingerprint density at radius 2 is 2.04 bits per heavy atom. The van der Waals surface area contributed by atoms with E-state index in [0.717, 1.165) is 16.9 Å². The maximum absolute atomic E-state index is 12.1. The average Bonchev–Trinajstić information content (AvgIpc) is 2.62. The molecule has 0 aliphatic carbocycles. The third-order valence-electron chi connectivity index (χ3n) is 4.91. The van der Waals surface area contributed by atoms with Gasteiger partial charge in [0.1, 0.15) is 5.75 Å². The molecule has 5 heteroatoms. The molecule has 0 saturated heterocycles. The summed E-state index contributed by atoms with van der Waals surface area (Å²) in [6.45, 7) is 5.44. The van der Waals surface area contributed by atoms with Gasteiger partial charge >= 0.3 is 0 Å². The van der Waals surface area contributed by atoms with Crippen molar-refractivity contribution >= 4 is 5.91 Å². The molecular formula is C21H26N2O3. The molecule has 2 atom stereocenters. The zero-order chi connectivity index (χ0) is 18.7. The standard InChI is InChI=1S/C21H26N2O3/c1-3-26-20-9-8-15(14(2)24)10-18(20)13-23-12-17-7-5-4-6-16(17)11-19(23)21(22)25/h4-10,14,19,24H,3,11-13H2,1-2H3,(H2,22,25)/t14-,19-/m0/s1. The molecule has 3 rings (SSSR count). The first-order valence-corrected chi connectivity index (χ1v) is 9.03. The van der Waals surface area contributed by atoms with Crippen LogP contribution in [0, 0.1) is 0 Å². The summed E-state index contributed by atoms with van der Waals surface area (Å²) in [7, 11) is 0. The Bertz CT molecular complexity index is 789. The molecule has 0 unspecified atom stereocenters. The van der Waals surface area contributed by atoms with Crippen LogP contribution in [-0.4, -0.2) is 28.6 Å². The number of hydrogen-bond acceptors (Lipinski definition) is 4. The summed E-state index contributed by atoms with van der Waals surface area (Å²) >= 11 is 0. The van der Waals surface area contributed by atoms with Gasteiger partial charge in [-0.3, -0.25) is 9.69 Å². The SMILES string of the molecule is CCOc1ccc([C@H](C)O)cc1CN1Cc2ccccc2C[C@H]1C(N)=O. The Labute approximate surface area is 154 Å². The Morgan fingerprint density at radius 1 is 1.31 bits per heavy atom. The Hall–Kier alpha value is -2.37. The second-order valence-electron chi connectivity index (χ2n) is 6.77. The highest BCUT2D eigenvalue weighted by atomic mass is 16.5. The second kappa shape index (κ2) is 7.89. The molecule has 2 aromatic carbocycles. The number of aliphatic hydroxyl groups excluding tert-OH is 1. The average molecular weight is 354 g/mol. The molecular weight excluding hydrogens is 328 g/mol. The lowest BCUT2D eigenvalue weighted by Gasteiger charge is -2.35. The van der Waals surface area contributed by atoms with E-state index in [9.17, 15) is 9.90 Å². The lowest BCUT2D eigenvalue weighted by molar-refractivity contribution is -0.124. The van der Waals surface area contributed by atoms with Crippen LogP contribution >= 0.6 is 0 Å². The molecule has 2 aromatic rings. The van der Waals surface area contributed by atoms with E-state index in [4.69, 9.17) is 10.5 Å². The summed E-state index contributed by atoms with van der Waals surface area (Å²) in [5.41, 5.74) is 9.87. The van der Waals surface area contributed by atoms with Crippen LogP contribution in [0.15, 0.2) is 42.5 Å². The van der Waals surface area contributed by atoms with Crippen molar-refractivity contribution in [2.45, 2.75) is 45.5 Å². The number of nitrogens with two attached hydrogens (primary N) is 1. The first-order valence-electron chi connectivity index (χ1n) is 9.03. The van der Waals surface area contributed by atoms with Gasteiger partial charge in [0.05, 0.1) is 18.8 Å². The van der Waals surface area contributed by atoms with Gasteiger partial charge in [-0.25, -0.2) is 0 Å². The number of amides is 1. The first-order chi connectivity index (χ1) is 12.5. The number of carbonyl (C=O) groups excluding carboxylic acids is 1. The quantitative estimate of drug-likeness (QED) is 0.836. The predicted molar refractivity (Wildman–Crippen MR) is 101 cm³/mol. The van der Waals surface area contributed by atoms with Crippen molar-refractivity contribution in [1.29, 1.82) is 0 Å². The lowest BCUT2D eigenvalue weighted by atomic mass is 9.93. The minimum Gasteiger partial charge on any atom is -0.494 e. The van der Waals surface area contributed by atoms with Gasteiger partial charge in [0.2, 0.25) is 5.91 Å². The minimum absolute atomic E-state index is 0.316. The largest absolute Gasteiger partial charge is 0.494 e. The van der Waals surface area contributed by atoms with Crippen LogP contribution in [-0.2, 0) is 24.3 Å². The zero-order valence-corrected chi connectivity index (χ0v) is 15.3. The van der Waals surface area contributed by atoms with Crippen molar-refractivity contribution in [2.75, 3.05) is 6.61 Å². The monoisotopic (exact) mass is 354 g/mol. The number of carbonyl (C=O) groups is 1. The van der Waals surface area contributed by atoms with Gasteiger partial charge < -0.3 is 15.6 Å². The minimum atomic E-state index is -0.557. The number of aliphatic hydroxyl groups is 1. The van der Waals surface area contributed by atoms with Crippen LogP contribution < -0.4 is 10.5 Å². The maximum atomic E-state index is 12.1. The topological polar surface area (TPSA) is 75.8 Å². The maximum Gasteiger partial charge on any atom is 0.235 e. The van der Waals surface area contributed by atoms with Crippen LogP contribution in [0.5, 0.6) is 5.75 Å². The summed E-state index contributed by atoms with van der Waals surface area (Å²) in [5.74, 6) is 0.461. The van der Waals surface area contributed by atoms with Crippen LogP contribution in [0.4, 0.5) is 0 Å². The molecule has 1 aliphatic rings. The fourth-order valence-corrected chi connectivity index (χ4v) is 3.52. The van der Waals surface area contributed by atoms with E-state index in [0.29, 0.717) is 26.1 Å². The summed E-state index contributed by atoms with van der Waals surface area (Å²) in [4.78, 5) is 14.2. The lowest BCUT2D eigenvalue weighted by Crippen LogP contribution is -2.48. The number of primary amides is 1. The highest BCUT2D eigenvalue weighted by molar-refractivity contribution is 5.80. The summed E-state index contributed by atoms with van der Waals surface area (Å²) in [5, 5.41) is 9.92. The molecule has 1 heterocycles. The van der Waals surface area contributed by atoms with Crippen LogP contribution in [0.1, 0.15) is 42.2 Å². The molecule has 5 nitrogen and oxygen atoms in total. The van der Waals surface area contributed by atoms with Crippen molar-refractivity contribution in [1.82, 2.24) is 4.90 Å². The van der Waals surface area contributed by atoms with E-state index >= 15 is 0 Å². The molecule has 0 bridgehead atoms. The van der Waals surface area contributed by atoms with Gasteiger partial charge in [-0.05, 0) is 49.1 Å². The normalized spacial score (nSPS) is 18.2. The van der Waals surface area contributed by atoms with Crippen molar-refractivity contribution in [3.05, 3.63) is 64.7 Å². The molecule has 26 heavy (non-hydrogen) atoms. The van der Waals surface area contributed by atoms with Gasteiger partial charge in [0.15, 0.2) is 0 Å². The van der Waals surface area contributed by atoms with Crippen LogP contribution in [0.3, 0.4) is 0 Å². The van der Waals surface area contributed by atoms with Gasteiger partial charge in [0.25, 0.3) is 0 Å². The van der Waals surface area contributed by atoms with E-state index in [1.165, 1.54) is 11.1 Å². The Morgan fingerprint density at radius 3 is 2.69 bits per heavy atom. The molecule has 0 spiro atoms. The van der Waals surface area contributed by atoms with E-state index in [1.807, 2.05) is 37.3 Å². The van der Waals surface area contributed by atoms with Crippen molar-refractivity contribution < 1.29 is 14.6 Å². The van der Waals surface area contributed by atoms with Gasteiger partial charge in [-0.15, -0.1) is 0 Å². The Kier molecular flexibility index (Phi) is 5.59. The highest BCUT2D eigenvalue weighted by Gasteiger charge is 2.30. The van der Waals surface area contributed by atoms with Crippen molar-refractivity contribution in [3.63, 3.8) is 0 Å². The first kappa shape index (κ1) is 18.4. The fourth-order valence-electron chi connectivity index (χ4n) is 3.52. The summed E-state index contributed by atoms with van der Waals surface area (Å²) in [6, 6.07) is 13.5. The number of rotatable bonds is 6. The van der Waals surface area contributed by atoms with Crippen molar-refractivity contribution in [3.8, 4) is 5.75 Å². The zero-order valence-electron chi connectivity index (χ0n) is 15.3. The predicted octanol–water partition coefficient (Wildman–Crippen LogP) is 2.55. The third kappa shape index (κ3) is 3.89. The van der Waals surface area contributed by atoms with E-state index < -0.39 is 6.10 Å². The number of fused-ring (bicyclic) bond motifs is 1. The number of nitrogens with zero attached hydrogens (tertiary/aromatic N) is 1. The van der Waals surface area contributed by atoms with E-state index in [-0.39, 0.29) is 11.9 Å². The molecule has 0 aromatic heterocycles. The molecule has 0 saturated carbocycles. The molecule has 0 radical (unpaired) electrons. The van der Waals surface area contributed by atoms with Crippen LogP contribution in [0.2, 0.25) is 0 Å². The smallest absolute Gasteiger partial charge is 0.235 e. The van der Waals surface area contributed by atoms with Crippen molar-refractivity contribution in [2.24, 2.45) is 5.73 Å². The Balaban J connectivity index is 1.93. The second-order valence-corrected chi connectivity index (χ2v) is 6.77. The molecule has 0 fully saturated rings.